The van der Waals surface area contributed by atoms with Crippen LogP contribution in [0.3, 0.4) is 0 Å². The number of nitrogens with zero attached hydrogens (tertiary/aromatic N) is 2. The van der Waals surface area contributed by atoms with Gasteiger partial charge in [0.15, 0.2) is 17.2 Å². The highest BCUT2D eigenvalue weighted by Gasteiger charge is 2.18. The number of hydrogen-bond acceptors (Lipinski definition) is 6. The van der Waals surface area contributed by atoms with Gasteiger partial charge in [-0.25, -0.2) is 0 Å². The Hall–Kier alpha value is -3.68. The molecule has 3 rings (SSSR count). The fourth-order valence-corrected chi connectivity index (χ4v) is 2.98. The second kappa shape index (κ2) is 8.55. The first kappa shape index (κ1) is 20.1. The predicted molar refractivity (Wildman–Crippen MR) is 109 cm³/mol. The molecule has 0 unspecified atom stereocenters. The molecule has 29 heavy (non-hydrogen) atoms. The Morgan fingerprint density at radius 1 is 0.931 bits per heavy atom. The second-order valence-electron chi connectivity index (χ2n) is 6.14. The molecular weight excluding hydrogens is 374 g/mol. The van der Waals surface area contributed by atoms with E-state index in [1.807, 2.05) is 24.3 Å². The Labute approximate surface area is 169 Å². The number of amides is 1. The van der Waals surface area contributed by atoms with Gasteiger partial charge in [0.1, 0.15) is 5.75 Å². The van der Waals surface area contributed by atoms with E-state index in [1.165, 1.54) is 21.3 Å². The van der Waals surface area contributed by atoms with E-state index < -0.39 is 0 Å². The zero-order valence-electron chi connectivity index (χ0n) is 17.0. The van der Waals surface area contributed by atoms with E-state index >= 15 is 0 Å². The number of benzene rings is 2. The molecule has 3 aromatic rings. The van der Waals surface area contributed by atoms with Crippen LogP contribution in [-0.2, 0) is 7.05 Å². The van der Waals surface area contributed by atoms with Crippen LogP contribution in [0.5, 0.6) is 23.0 Å². The first-order valence-electron chi connectivity index (χ1n) is 8.80. The smallest absolute Gasteiger partial charge is 0.276 e. The highest BCUT2D eigenvalue weighted by Crippen LogP contribution is 2.40. The van der Waals surface area contributed by atoms with Crippen molar-refractivity contribution in [3.8, 4) is 34.3 Å². The lowest BCUT2D eigenvalue weighted by Crippen LogP contribution is -2.13. The molecule has 1 aromatic heterocycles. The molecular formula is C21H23N3O5. The Morgan fingerprint density at radius 2 is 1.62 bits per heavy atom. The molecule has 1 heterocycles. The molecule has 0 fully saturated rings. The quantitative estimate of drug-likeness (QED) is 0.658. The van der Waals surface area contributed by atoms with Crippen LogP contribution in [0, 0.1) is 0 Å². The molecule has 0 bridgehead atoms. The largest absolute Gasteiger partial charge is 0.497 e. The summed E-state index contributed by atoms with van der Waals surface area (Å²) in [6.45, 7) is 0. The average Bonchev–Trinajstić information content (AvgIpc) is 3.14. The average molecular weight is 397 g/mol. The first-order valence-corrected chi connectivity index (χ1v) is 8.80. The lowest BCUT2D eigenvalue weighted by atomic mass is 10.1. The fraction of sp³-hybridized carbons (Fsp3) is 0.238. The van der Waals surface area contributed by atoms with Gasteiger partial charge in [-0.15, -0.1) is 0 Å². The summed E-state index contributed by atoms with van der Waals surface area (Å²) in [5, 5.41) is 7.15. The number of rotatable bonds is 7. The van der Waals surface area contributed by atoms with Gasteiger partial charge >= 0.3 is 0 Å². The third kappa shape index (κ3) is 4.11. The van der Waals surface area contributed by atoms with Crippen LogP contribution in [0.1, 0.15) is 10.5 Å². The molecule has 8 nitrogen and oxygen atoms in total. The summed E-state index contributed by atoms with van der Waals surface area (Å²) in [5.41, 5.74) is 2.46. The Balaban J connectivity index is 1.89. The van der Waals surface area contributed by atoms with Gasteiger partial charge in [0.05, 0.1) is 34.1 Å². The van der Waals surface area contributed by atoms with E-state index in [2.05, 4.69) is 10.4 Å². The monoisotopic (exact) mass is 397 g/mol. The maximum atomic E-state index is 12.8. The summed E-state index contributed by atoms with van der Waals surface area (Å²) in [4.78, 5) is 12.8. The van der Waals surface area contributed by atoms with Crippen molar-refractivity contribution in [2.45, 2.75) is 0 Å². The molecule has 0 aliphatic heterocycles. The van der Waals surface area contributed by atoms with Crippen LogP contribution in [-0.4, -0.2) is 44.1 Å². The second-order valence-corrected chi connectivity index (χ2v) is 6.14. The van der Waals surface area contributed by atoms with Crippen molar-refractivity contribution in [3.05, 3.63) is 48.2 Å². The molecule has 0 atom stereocenters. The van der Waals surface area contributed by atoms with E-state index in [4.69, 9.17) is 18.9 Å². The maximum absolute atomic E-state index is 12.8. The maximum Gasteiger partial charge on any atom is 0.276 e. The van der Waals surface area contributed by atoms with E-state index in [0.29, 0.717) is 22.9 Å². The van der Waals surface area contributed by atoms with Gasteiger partial charge in [-0.3, -0.25) is 9.48 Å². The van der Waals surface area contributed by atoms with Crippen molar-refractivity contribution in [1.82, 2.24) is 9.78 Å². The molecule has 1 amide bonds. The highest BCUT2D eigenvalue weighted by molar-refractivity contribution is 6.03. The Kier molecular flexibility index (Phi) is 5.92. The number of carbonyl (C=O) groups excluding carboxylic acids is 1. The fourth-order valence-electron chi connectivity index (χ4n) is 2.98. The van der Waals surface area contributed by atoms with E-state index in [-0.39, 0.29) is 11.6 Å². The lowest BCUT2D eigenvalue weighted by Gasteiger charge is -2.14. The molecule has 0 spiro atoms. The molecule has 0 saturated heterocycles. The number of hydrogen-bond donors (Lipinski definition) is 1. The van der Waals surface area contributed by atoms with Gasteiger partial charge in [0, 0.05) is 30.4 Å². The summed E-state index contributed by atoms with van der Waals surface area (Å²) in [6.07, 6.45) is 0. The van der Waals surface area contributed by atoms with Gasteiger partial charge in [-0.2, -0.15) is 5.10 Å². The van der Waals surface area contributed by atoms with Gasteiger partial charge in [0.25, 0.3) is 5.91 Å². The summed E-state index contributed by atoms with van der Waals surface area (Å²) in [6, 6.07) is 12.6. The highest BCUT2D eigenvalue weighted by atomic mass is 16.5. The van der Waals surface area contributed by atoms with Gasteiger partial charge in [0.2, 0.25) is 5.75 Å². The summed E-state index contributed by atoms with van der Waals surface area (Å²) >= 11 is 0. The van der Waals surface area contributed by atoms with Crippen molar-refractivity contribution >= 4 is 11.6 Å². The van der Waals surface area contributed by atoms with E-state index in [9.17, 15) is 4.79 Å². The first-order chi connectivity index (χ1) is 14.0. The Bertz CT molecular complexity index is 1000. The number of aryl methyl sites for hydroxylation is 1. The van der Waals surface area contributed by atoms with Crippen LogP contribution in [0.2, 0.25) is 0 Å². The molecule has 0 aliphatic carbocycles. The minimum absolute atomic E-state index is 0.277. The molecule has 1 N–H and O–H groups in total. The predicted octanol–water partition coefficient (Wildman–Crippen LogP) is 3.37. The van der Waals surface area contributed by atoms with Crippen LogP contribution in [0.15, 0.2) is 42.5 Å². The third-order valence-electron chi connectivity index (χ3n) is 4.40. The number of methoxy groups -OCH3 is 4. The third-order valence-corrected chi connectivity index (χ3v) is 4.40. The van der Waals surface area contributed by atoms with Crippen molar-refractivity contribution in [1.29, 1.82) is 0 Å². The van der Waals surface area contributed by atoms with Crippen LogP contribution in [0.25, 0.3) is 11.3 Å². The minimum atomic E-state index is -0.357. The number of nitrogens with one attached hydrogen (secondary N) is 1. The summed E-state index contributed by atoms with van der Waals surface area (Å²) < 4.78 is 22.9. The van der Waals surface area contributed by atoms with E-state index in [0.717, 1.165) is 17.0 Å². The summed E-state index contributed by atoms with van der Waals surface area (Å²) in [7, 11) is 7.94. The zero-order valence-corrected chi connectivity index (χ0v) is 17.0. The molecule has 0 radical (unpaired) electrons. The molecule has 2 aromatic carbocycles. The topological polar surface area (TPSA) is 83.8 Å². The molecule has 8 heteroatoms. The number of ether oxygens (including phenoxy) is 4. The van der Waals surface area contributed by atoms with Crippen molar-refractivity contribution in [2.75, 3.05) is 33.8 Å². The van der Waals surface area contributed by atoms with Crippen molar-refractivity contribution in [3.63, 3.8) is 0 Å². The number of aromatic nitrogens is 2. The van der Waals surface area contributed by atoms with Crippen LogP contribution >= 0.6 is 0 Å². The normalized spacial score (nSPS) is 10.4. The number of anilines is 1. The summed E-state index contributed by atoms with van der Waals surface area (Å²) in [5.74, 6) is 1.71. The van der Waals surface area contributed by atoms with Gasteiger partial charge in [-0.1, -0.05) is 12.1 Å². The standard InChI is InChI=1S/C21H23N3O5/c1-24-17(13-7-6-8-15(9-13)26-2)12-16(23-24)21(25)22-14-10-18(27-3)20(29-5)19(11-14)28-4/h6-12H,1-5H3,(H,22,25). The van der Waals surface area contributed by atoms with Gasteiger partial charge < -0.3 is 24.3 Å². The molecule has 0 saturated carbocycles. The molecule has 152 valence electrons. The zero-order chi connectivity index (χ0) is 21.0. The molecule has 0 aliphatic rings. The van der Waals surface area contributed by atoms with Gasteiger partial charge in [-0.05, 0) is 18.2 Å². The van der Waals surface area contributed by atoms with Crippen LogP contribution in [0.4, 0.5) is 5.69 Å². The van der Waals surface area contributed by atoms with E-state index in [1.54, 1.807) is 37.0 Å². The van der Waals surface area contributed by atoms with Crippen molar-refractivity contribution in [2.24, 2.45) is 7.05 Å². The van der Waals surface area contributed by atoms with Crippen molar-refractivity contribution < 1.29 is 23.7 Å². The SMILES string of the molecule is COc1cccc(-c2cc(C(=O)Nc3cc(OC)c(OC)c(OC)c3)nn2C)c1. The van der Waals surface area contributed by atoms with Crippen LogP contribution < -0.4 is 24.3 Å². The Morgan fingerprint density at radius 3 is 2.21 bits per heavy atom. The number of carbonyl (C=O) groups is 1. The minimum Gasteiger partial charge on any atom is -0.497 e. The lowest BCUT2D eigenvalue weighted by molar-refractivity contribution is 0.102.